The van der Waals surface area contributed by atoms with Gasteiger partial charge in [0.25, 0.3) is 0 Å². The molecule has 0 radical (unpaired) electrons. The number of rotatable bonds is 6. The number of nitrogens with zero attached hydrogens (tertiary/aromatic N) is 2. The molecule has 0 amide bonds. The third-order valence-corrected chi connectivity index (χ3v) is 3.42. The molecule has 0 spiro atoms. The summed E-state index contributed by atoms with van der Waals surface area (Å²) in [6.07, 6.45) is 3.70. The molecule has 0 atom stereocenters. The Kier molecular flexibility index (Phi) is 5.83. The van der Waals surface area contributed by atoms with Crippen LogP contribution in [0.15, 0.2) is 53.3 Å². The van der Waals surface area contributed by atoms with Gasteiger partial charge in [0.1, 0.15) is 0 Å². The lowest BCUT2D eigenvalue weighted by Crippen LogP contribution is -2.25. The standard InChI is InChI=1S/C15H16BrClN2/c16-15-8-14(9-18-10-15)12-19(7-6-17)11-13-4-2-1-3-5-13/h1-5,8-10H,6-7,11-12H2. The van der Waals surface area contributed by atoms with Gasteiger partial charge in [-0.3, -0.25) is 9.88 Å². The van der Waals surface area contributed by atoms with Gasteiger partial charge < -0.3 is 0 Å². The molecular formula is C15H16BrClN2. The molecule has 1 aromatic heterocycles. The van der Waals surface area contributed by atoms with Crippen molar-refractivity contribution in [2.24, 2.45) is 0 Å². The van der Waals surface area contributed by atoms with Crippen molar-refractivity contribution in [2.45, 2.75) is 13.1 Å². The topological polar surface area (TPSA) is 16.1 Å². The van der Waals surface area contributed by atoms with E-state index in [2.05, 4.69) is 56.1 Å². The number of halogens is 2. The van der Waals surface area contributed by atoms with E-state index in [0.29, 0.717) is 5.88 Å². The fourth-order valence-corrected chi connectivity index (χ4v) is 2.63. The summed E-state index contributed by atoms with van der Waals surface area (Å²) < 4.78 is 1.01. The predicted octanol–water partition coefficient (Wildman–Crippen LogP) is 4.09. The lowest BCUT2D eigenvalue weighted by molar-refractivity contribution is 0.273. The average molecular weight is 340 g/mol. The van der Waals surface area contributed by atoms with E-state index in [4.69, 9.17) is 11.6 Å². The molecule has 19 heavy (non-hydrogen) atoms. The molecule has 0 bridgehead atoms. The molecule has 0 fully saturated rings. The smallest absolute Gasteiger partial charge is 0.0410 e. The van der Waals surface area contributed by atoms with E-state index in [1.165, 1.54) is 11.1 Å². The van der Waals surface area contributed by atoms with Gasteiger partial charge in [0.2, 0.25) is 0 Å². The Morgan fingerprint density at radius 1 is 1.05 bits per heavy atom. The Morgan fingerprint density at radius 2 is 1.79 bits per heavy atom. The lowest BCUT2D eigenvalue weighted by Gasteiger charge is -2.21. The van der Waals surface area contributed by atoms with Crippen LogP contribution in [0.2, 0.25) is 0 Å². The number of alkyl halides is 1. The summed E-state index contributed by atoms with van der Waals surface area (Å²) in [6, 6.07) is 12.5. The summed E-state index contributed by atoms with van der Waals surface area (Å²) in [7, 11) is 0. The van der Waals surface area contributed by atoms with E-state index < -0.39 is 0 Å². The van der Waals surface area contributed by atoms with Gasteiger partial charge in [0.15, 0.2) is 0 Å². The van der Waals surface area contributed by atoms with Crippen LogP contribution in [0.4, 0.5) is 0 Å². The maximum atomic E-state index is 5.89. The SMILES string of the molecule is ClCCN(Cc1ccccc1)Cc1cncc(Br)c1. The lowest BCUT2D eigenvalue weighted by atomic mass is 10.2. The monoisotopic (exact) mass is 338 g/mol. The van der Waals surface area contributed by atoms with Gasteiger partial charge >= 0.3 is 0 Å². The number of hydrogen-bond acceptors (Lipinski definition) is 2. The quantitative estimate of drug-likeness (QED) is 0.737. The fraction of sp³-hybridized carbons (Fsp3) is 0.267. The molecule has 0 unspecified atom stereocenters. The first-order valence-corrected chi connectivity index (χ1v) is 7.52. The van der Waals surface area contributed by atoms with Crippen molar-refractivity contribution in [2.75, 3.05) is 12.4 Å². The first-order chi connectivity index (χ1) is 9.28. The molecule has 1 heterocycles. The van der Waals surface area contributed by atoms with E-state index >= 15 is 0 Å². The Labute approximate surface area is 127 Å². The zero-order chi connectivity index (χ0) is 13.5. The highest BCUT2D eigenvalue weighted by atomic mass is 79.9. The molecule has 0 saturated heterocycles. The summed E-state index contributed by atoms with van der Waals surface area (Å²) in [6.45, 7) is 2.62. The number of pyridine rings is 1. The summed E-state index contributed by atoms with van der Waals surface area (Å²) >= 11 is 9.34. The van der Waals surface area contributed by atoms with Crippen LogP contribution in [0.1, 0.15) is 11.1 Å². The minimum absolute atomic E-state index is 0.633. The number of hydrogen-bond donors (Lipinski definition) is 0. The molecule has 2 nitrogen and oxygen atoms in total. The van der Waals surface area contributed by atoms with Crippen molar-refractivity contribution >= 4 is 27.5 Å². The molecule has 0 aliphatic rings. The van der Waals surface area contributed by atoms with Crippen LogP contribution >= 0.6 is 27.5 Å². The highest BCUT2D eigenvalue weighted by Crippen LogP contribution is 2.13. The molecule has 4 heteroatoms. The van der Waals surface area contributed by atoms with E-state index in [0.717, 1.165) is 24.1 Å². The second-order valence-electron chi connectivity index (χ2n) is 4.40. The maximum absolute atomic E-state index is 5.89. The third-order valence-electron chi connectivity index (χ3n) is 2.82. The first kappa shape index (κ1) is 14.5. The predicted molar refractivity (Wildman–Crippen MR) is 83.2 cm³/mol. The van der Waals surface area contributed by atoms with E-state index in [1.54, 1.807) is 6.20 Å². The van der Waals surface area contributed by atoms with E-state index in [-0.39, 0.29) is 0 Å². The molecule has 100 valence electrons. The first-order valence-electron chi connectivity index (χ1n) is 6.19. The van der Waals surface area contributed by atoms with Gasteiger partial charge in [-0.1, -0.05) is 30.3 Å². The molecular weight excluding hydrogens is 324 g/mol. The molecule has 0 aliphatic heterocycles. The highest BCUT2D eigenvalue weighted by molar-refractivity contribution is 9.10. The Bertz CT molecular complexity index is 505. The van der Waals surface area contributed by atoms with Crippen molar-refractivity contribution in [3.8, 4) is 0 Å². The van der Waals surface area contributed by atoms with Crippen molar-refractivity contribution in [1.82, 2.24) is 9.88 Å². The zero-order valence-corrected chi connectivity index (χ0v) is 12.9. The average Bonchev–Trinajstić information content (AvgIpc) is 2.40. The van der Waals surface area contributed by atoms with Gasteiger partial charge in [-0.25, -0.2) is 0 Å². The Hall–Kier alpha value is -0.900. The van der Waals surface area contributed by atoms with Crippen molar-refractivity contribution in [3.05, 3.63) is 64.4 Å². The molecule has 0 N–H and O–H groups in total. The van der Waals surface area contributed by atoms with Gasteiger partial charge in [0.05, 0.1) is 0 Å². The molecule has 2 rings (SSSR count). The molecule has 0 aliphatic carbocycles. The second kappa shape index (κ2) is 7.63. The Morgan fingerprint density at radius 3 is 2.47 bits per heavy atom. The molecule has 2 aromatic rings. The fourth-order valence-electron chi connectivity index (χ4n) is 1.98. The summed E-state index contributed by atoms with van der Waals surface area (Å²) in [4.78, 5) is 6.52. The minimum Gasteiger partial charge on any atom is -0.294 e. The van der Waals surface area contributed by atoms with Crippen molar-refractivity contribution < 1.29 is 0 Å². The van der Waals surface area contributed by atoms with Crippen molar-refractivity contribution in [1.29, 1.82) is 0 Å². The summed E-state index contributed by atoms with van der Waals surface area (Å²) in [5.74, 6) is 0.633. The van der Waals surface area contributed by atoms with E-state index in [1.807, 2.05) is 12.3 Å². The highest BCUT2D eigenvalue weighted by Gasteiger charge is 2.07. The normalized spacial score (nSPS) is 10.9. The second-order valence-corrected chi connectivity index (χ2v) is 5.69. The number of benzene rings is 1. The maximum Gasteiger partial charge on any atom is 0.0410 e. The zero-order valence-electron chi connectivity index (χ0n) is 10.6. The van der Waals surface area contributed by atoms with Gasteiger partial charge in [-0.2, -0.15) is 0 Å². The van der Waals surface area contributed by atoms with E-state index in [9.17, 15) is 0 Å². The largest absolute Gasteiger partial charge is 0.294 e. The van der Waals surface area contributed by atoms with Crippen LogP contribution in [0.3, 0.4) is 0 Å². The minimum atomic E-state index is 0.633. The van der Waals surface area contributed by atoms with Crippen LogP contribution in [0, 0.1) is 0 Å². The van der Waals surface area contributed by atoms with Crippen LogP contribution in [-0.4, -0.2) is 22.3 Å². The van der Waals surface area contributed by atoms with Crippen LogP contribution in [-0.2, 0) is 13.1 Å². The van der Waals surface area contributed by atoms with Crippen LogP contribution < -0.4 is 0 Å². The third kappa shape index (κ3) is 4.94. The van der Waals surface area contributed by atoms with Crippen LogP contribution in [0.5, 0.6) is 0 Å². The summed E-state index contributed by atoms with van der Waals surface area (Å²) in [5, 5.41) is 0. The van der Waals surface area contributed by atoms with Crippen LogP contribution in [0.25, 0.3) is 0 Å². The Balaban J connectivity index is 2.04. The number of aromatic nitrogens is 1. The molecule has 0 saturated carbocycles. The summed E-state index contributed by atoms with van der Waals surface area (Å²) in [5.41, 5.74) is 2.49. The van der Waals surface area contributed by atoms with Gasteiger partial charge in [-0.15, -0.1) is 11.6 Å². The molecule has 1 aromatic carbocycles. The van der Waals surface area contributed by atoms with Crippen molar-refractivity contribution in [3.63, 3.8) is 0 Å². The van der Waals surface area contributed by atoms with Gasteiger partial charge in [-0.05, 0) is 33.1 Å². The van der Waals surface area contributed by atoms with Gasteiger partial charge in [0, 0.05) is 42.4 Å².